The number of nitrogens with zero attached hydrogens (tertiary/aromatic N) is 5. The van der Waals surface area contributed by atoms with Crippen molar-refractivity contribution in [3.05, 3.63) is 50.6 Å². The lowest BCUT2D eigenvalue weighted by atomic mass is 10.2. The van der Waals surface area contributed by atoms with Gasteiger partial charge in [-0.15, -0.1) is 10.2 Å². The van der Waals surface area contributed by atoms with Gasteiger partial charge in [-0.05, 0) is 12.1 Å². The third-order valence-corrected chi connectivity index (χ3v) is 3.20. The fourth-order valence-corrected chi connectivity index (χ4v) is 1.89. The molecule has 0 aromatic heterocycles. The van der Waals surface area contributed by atoms with E-state index in [1.165, 1.54) is 12.1 Å². The van der Waals surface area contributed by atoms with Gasteiger partial charge in [-0.2, -0.15) is 0 Å². The van der Waals surface area contributed by atoms with Crippen LogP contribution in [-0.4, -0.2) is 34.2 Å². The normalized spacial score (nSPS) is 10.8. The van der Waals surface area contributed by atoms with Gasteiger partial charge in [0.25, 0.3) is 5.69 Å². The molecule has 0 aliphatic carbocycles. The first-order valence-electron chi connectivity index (χ1n) is 6.78. The summed E-state index contributed by atoms with van der Waals surface area (Å²) in [6, 6.07) is 5.97. The van der Waals surface area contributed by atoms with Gasteiger partial charge in [-0.3, -0.25) is 20.2 Å². The van der Waals surface area contributed by atoms with Crippen LogP contribution in [0.25, 0.3) is 0 Å². The lowest BCUT2D eigenvalue weighted by Crippen LogP contribution is -2.07. The quantitative estimate of drug-likeness (QED) is 0.477. The number of benzene rings is 2. The van der Waals surface area contributed by atoms with Crippen LogP contribution in [0, 0.1) is 20.2 Å². The topological polar surface area (TPSA) is 155 Å². The second-order valence-electron chi connectivity index (χ2n) is 5.11. The van der Waals surface area contributed by atoms with Crippen LogP contribution >= 0.6 is 0 Å². The summed E-state index contributed by atoms with van der Waals surface area (Å²) in [5, 5.41) is 48.8. The van der Waals surface area contributed by atoms with Crippen LogP contribution in [0.3, 0.4) is 0 Å². The van der Waals surface area contributed by atoms with E-state index >= 15 is 0 Å². The Hall–Kier alpha value is -3.76. The third kappa shape index (κ3) is 3.77. The monoisotopic (exact) mass is 347 g/mol. The standard InChI is InChI=1S/C14H13N5O6/c1-17(2)8-3-4-10(13(20)7-8)15-16-11-5-9(18(22)23)6-12(14(11)21)19(24)25/h3-7,20-21H,1-2H3. The third-order valence-electron chi connectivity index (χ3n) is 3.20. The highest BCUT2D eigenvalue weighted by atomic mass is 16.6. The van der Waals surface area contributed by atoms with Crippen molar-refractivity contribution in [3.8, 4) is 11.5 Å². The molecule has 130 valence electrons. The summed E-state index contributed by atoms with van der Waals surface area (Å²) >= 11 is 0. The molecule has 0 fully saturated rings. The highest BCUT2D eigenvalue weighted by molar-refractivity contribution is 5.68. The van der Waals surface area contributed by atoms with Crippen LogP contribution < -0.4 is 4.90 Å². The Morgan fingerprint density at radius 2 is 1.60 bits per heavy atom. The minimum atomic E-state index is -0.968. The van der Waals surface area contributed by atoms with Gasteiger partial charge in [0, 0.05) is 31.9 Å². The maximum absolute atomic E-state index is 10.9. The fourth-order valence-electron chi connectivity index (χ4n) is 1.89. The Balaban J connectivity index is 2.47. The van der Waals surface area contributed by atoms with E-state index in [9.17, 15) is 30.4 Å². The number of hydrogen-bond donors (Lipinski definition) is 2. The molecule has 0 saturated heterocycles. The summed E-state index contributed by atoms with van der Waals surface area (Å²) in [6.07, 6.45) is 0. The molecule has 0 heterocycles. The summed E-state index contributed by atoms with van der Waals surface area (Å²) in [6.45, 7) is 0. The number of anilines is 1. The van der Waals surface area contributed by atoms with Gasteiger partial charge in [0.2, 0.25) is 5.75 Å². The molecule has 2 aromatic rings. The summed E-state index contributed by atoms with van der Waals surface area (Å²) < 4.78 is 0. The van der Waals surface area contributed by atoms with Crippen molar-refractivity contribution in [2.75, 3.05) is 19.0 Å². The summed E-state index contributed by atoms with van der Waals surface area (Å²) in [5.41, 5.74) is -1.22. The van der Waals surface area contributed by atoms with Gasteiger partial charge < -0.3 is 15.1 Å². The number of nitro groups is 2. The SMILES string of the molecule is CN(C)c1ccc(N=Nc2cc([N+](=O)[O-])cc([N+](=O)[O-])c2O)c(O)c1. The lowest BCUT2D eigenvalue weighted by Gasteiger charge is -2.12. The van der Waals surface area contributed by atoms with Crippen molar-refractivity contribution in [3.63, 3.8) is 0 Å². The Bertz CT molecular complexity index is 880. The molecule has 2 N–H and O–H groups in total. The van der Waals surface area contributed by atoms with E-state index < -0.39 is 32.7 Å². The number of non-ortho nitro benzene ring substituents is 1. The van der Waals surface area contributed by atoms with Gasteiger partial charge >= 0.3 is 5.69 Å². The van der Waals surface area contributed by atoms with E-state index in [-0.39, 0.29) is 11.4 Å². The first kappa shape index (κ1) is 17.6. The number of rotatable bonds is 5. The number of phenolic OH excluding ortho intramolecular Hbond substituents is 2. The molecule has 11 heteroatoms. The first-order valence-corrected chi connectivity index (χ1v) is 6.78. The van der Waals surface area contributed by atoms with Gasteiger partial charge in [0.1, 0.15) is 17.1 Å². The maximum atomic E-state index is 10.9. The molecular formula is C14H13N5O6. The Labute approximate surface area is 140 Å². The van der Waals surface area contributed by atoms with E-state index in [1.54, 1.807) is 25.1 Å². The van der Waals surface area contributed by atoms with Crippen LogP contribution in [-0.2, 0) is 0 Å². The van der Waals surface area contributed by atoms with E-state index in [0.29, 0.717) is 11.8 Å². The minimum absolute atomic E-state index is 0.0270. The van der Waals surface area contributed by atoms with Crippen LogP contribution in [0.4, 0.5) is 28.4 Å². The molecule has 2 aromatic carbocycles. The number of phenols is 2. The van der Waals surface area contributed by atoms with Crippen LogP contribution in [0.15, 0.2) is 40.6 Å². The van der Waals surface area contributed by atoms with Crippen molar-refractivity contribution in [2.45, 2.75) is 0 Å². The Morgan fingerprint density at radius 3 is 2.12 bits per heavy atom. The van der Waals surface area contributed by atoms with Crippen LogP contribution in [0.2, 0.25) is 0 Å². The van der Waals surface area contributed by atoms with Crippen molar-refractivity contribution in [1.29, 1.82) is 0 Å². The Kier molecular flexibility index (Phi) is 4.77. The molecular weight excluding hydrogens is 334 g/mol. The van der Waals surface area contributed by atoms with Crippen molar-refractivity contribution in [2.24, 2.45) is 10.2 Å². The molecule has 0 spiro atoms. The average molecular weight is 347 g/mol. The van der Waals surface area contributed by atoms with Gasteiger partial charge in [-0.1, -0.05) is 0 Å². The van der Waals surface area contributed by atoms with Crippen molar-refractivity contribution < 1.29 is 20.1 Å². The predicted molar refractivity (Wildman–Crippen MR) is 88.0 cm³/mol. The molecule has 0 aliphatic heterocycles. The zero-order valence-electron chi connectivity index (χ0n) is 13.2. The molecule has 25 heavy (non-hydrogen) atoms. The van der Waals surface area contributed by atoms with Crippen molar-refractivity contribution in [1.82, 2.24) is 0 Å². The molecule has 0 radical (unpaired) electrons. The fraction of sp³-hybridized carbons (Fsp3) is 0.143. The lowest BCUT2D eigenvalue weighted by molar-refractivity contribution is -0.394. The van der Waals surface area contributed by atoms with Gasteiger partial charge in [0.05, 0.1) is 15.9 Å². The Morgan fingerprint density at radius 1 is 0.960 bits per heavy atom. The van der Waals surface area contributed by atoms with E-state index in [0.717, 1.165) is 6.07 Å². The van der Waals surface area contributed by atoms with E-state index in [4.69, 9.17) is 0 Å². The molecule has 2 rings (SSSR count). The predicted octanol–water partition coefficient (Wildman–Crippen LogP) is 3.40. The summed E-state index contributed by atoms with van der Waals surface area (Å²) in [7, 11) is 3.55. The summed E-state index contributed by atoms with van der Waals surface area (Å²) in [4.78, 5) is 21.7. The molecule has 0 atom stereocenters. The number of azo groups is 1. The molecule has 0 amide bonds. The number of nitro benzene ring substituents is 2. The zero-order valence-corrected chi connectivity index (χ0v) is 13.2. The van der Waals surface area contributed by atoms with E-state index in [1.807, 2.05) is 0 Å². The second-order valence-corrected chi connectivity index (χ2v) is 5.11. The molecule has 0 unspecified atom stereocenters. The van der Waals surface area contributed by atoms with Gasteiger partial charge in [0.15, 0.2) is 0 Å². The second kappa shape index (κ2) is 6.78. The minimum Gasteiger partial charge on any atom is -0.506 e. The number of aromatic hydroxyl groups is 2. The smallest absolute Gasteiger partial charge is 0.319 e. The highest BCUT2D eigenvalue weighted by Crippen LogP contribution is 2.41. The largest absolute Gasteiger partial charge is 0.506 e. The van der Waals surface area contributed by atoms with Crippen LogP contribution in [0.1, 0.15) is 0 Å². The summed E-state index contributed by atoms with van der Waals surface area (Å²) in [5.74, 6) is -1.07. The first-order chi connectivity index (χ1) is 11.7. The number of hydrogen-bond acceptors (Lipinski definition) is 9. The zero-order chi connectivity index (χ0) is 18.7. The van der Waals surface area contributed by atoms with Crippen molar-refractivity contribution >= 4 is 28.4 Å². The molecule has 0 aliphatic rings. The maximum Gasteiger partial charge on any atom is 0.319 e. The van der Waals surface area contributed by atoms with Gasteiger partial charge in [-0.25, -0.2) is 0 Å². The molecule has 11 nitrogen and oxygen atoms in total. The highest BCUT2D eigenvalue weighted by Gasteiger charge is 2.24. The average Bonchev–Trinajstić information content (AvgIpc) is 2.54. The van der Waals surface area contributed by atoms with E-state index in [2.05, 4.69) is 10.2 Å². The molecule has 0 bridgehead atoms. The van der Waals surface area contributed by atoms with Crippen LogP contribution in [0.5, 0.6) is 11.5 Å². The molecule has 0 saturated carbocycles.